The van der Waals surface area contributed by atoms with Crippen LogP contribution in [0.2, 0.25) is 0 Å². The van der Waals surface area contributed by atoms with E-state index in [4.69, 9.17) is 4.55 Å². The van der Waals surface area contributed by atoms with Gasteiger partial charge < -0.3 is 5.11 Å². The third-order valence-electron chi connectivity index (χ3n) is 5.15. The van der Waals surface area contributed by atoms with Crippen molar-refractivity contribution in [2.24, 2.45) is 0 Å². The molecule has 0 bridgehead atoms. The van der Waals surface area contributed by atoms with Crippen LogP contribution in [-0.2, 0) is 10.1 Å². The van der Waals surface area contributed by atoms with Crippen LogP contribution in [0.1, 0.15) is 129 Å². The fraction of sp³-hybridized carbons (Fsp3) is 1.00. The summed E-state index contributed by atoms with van der Waals surface area (Å²) in [5.74, 6) is 0. The molecule has 0 aromatic heterocycles. The summed E-state index contributed by atoms with van der Waals surface area (Å²) in [7, 11) is -4.27. The van der Waals surface area contributed by atoms with E-state index in [1.165, 1.54) is 96.3 Å². The lowest BCUT2D eigenvalue weighted by atomic mass is 10.0. The van der Waals surface area contributed by atoms with Crippen LogP contribution in [-0.4, -0.2) is 23.5 Å². The monoisotopic (exact) mass is 392 g/mol. The van der Waals surface area contributed by atoms with Crippen LogP contribution in [0.15, 0.2) is 0 Å². The van der Waals surface area contributed by atoms with E-state index < -0.39 is 15.6 Å². The van der Waals surface area contributed by atoms with Crippen LogP contribution >= 0.6 is 0 Å². The van der Waals surface area contributed by atoms with Crippen LogP contribution in [0.5, 0.6) is 0 Å². The molecule has 0 aromatic rings. The Morgan fingerprint density at radius 3 is 1.12 bits per heavy atom. The number of hydrogen-bond acceptors (Lipinski definition) is 3. The summed E-state index contributed by atoms with van der Waals surface area (Å²) >= 11 is 0. The Kier molecular flexibility index (Phi) is 18.2. The molecule has 4 nitrogen and oxygen atoms in total. The van der Waals surface area contributed by atoms with Crippen molar-refractivity contribution in [3.8, 4) is 0 Å². The van der Waals surface area contributed by atoms with Gasteiger partial charge in [-0.25, -0.2) is 0 Å². The zero-order valence-corrected chi connectivity index (χ0v) is 17.9. The summed E-state index contributed by atoms with van der Waals surface area (Å²) in [6, 6.07) is 0. The van der Waals surface area contributed by atoms with Gasteiger partial charge in [0.15, 0.2) is 5.44 Å². The Hall–Kier alpha value is -0.130. The van der Waals surface area contributed by atoms with Gasteiger partial charge in [-0.05, 0) is 12.8 Å². The lowest BCUT2D eigenvalue weighted by molar-refractivity contribution is 0.219. The maximum Gasteiger partial charge on any atom is 0.291 e. The lowest BCUT2D eigenvalue weighted by Crippen LogP contribution is -2.19. The molecule has 0 amide bonds. The standard InChI is InChI=1S/C21H44O4S/c1-2-3-4-5-6-7-8-9-10-11-12-13-14-15-16-17-18-19-20-21(22)26(23,24)25/h21-22H,2-20H2,1H3,(H,23,24,25). The predicted octanol–water partition coefficient (Wildman–Crippen LogP) is 6.62. The Labute approximate surface area is 162 Å². The van der Waals surface area contributed by atoms with Gasteiger partial charge in [-0.2, -0.15) is 8.42 Å². The summed E-state index contributed by atoms with van der Waals surface area (Å²) in [4.78, 5) is 0. The van der Waals surface area contributed by atoms with Crippen LogP contribution < -0.4 is 0 Å². The van der Waals surface area contributed by atoms with Gasteiger partial charge in [0, 0.05) is 0 Å². The first-order chi connectivity index (χ1) is 12.5. The molecule has 1 atom stereocenters. The number of unbranched alkanes of at least 4 members (excludes halogenated alkanes) is 17. The normalized spacial score (nSPS) is 13.2. The quantitative estimate of drug-likeness (QED) is 0.180. The van der Waals surface area contributed by atoms with Gasteiger partial charge in [0.2, 0.25) is 0 Å². The first-order valence-corrected chi connectivity index (χ1v) is 12.6. The molecule has 5 heteroatoms. The molecule has 0 spiro atoms. The maximum absolute atomic E-state index is 10.7. The number of rotatable bonds is 20. The first-order valence-electron chi connectivity index (χ1n) is 11.1. The van der Waals surface area contributed by atoms with E-state index in [9.17, 15) is 13.5 Å². The molecule has 2 N–H and O–H groups in total. The number of aliphatic hydroxyl groups excluding tert-OH is 1. The smallest absolute Gasteiger partial charge is 0.291 e. The van der Waals surface area contributed by atoms with Crippen LogP contribution in [0, 0.1) is 0 Å². The number of hydrogen-bond donors (Lipinski definition) is 2. The molecule has 0 saturated carbocycles. The van der Waals surface area contributed by atoms with Crippen molar-refractivity contribution in [2.45, 2.75) is 134 Å². The van der Waals surface area contributed by atoms with Gasteiger partial charge in [0.05, 0.1) is 0 Å². The zero-order chi connectivity index (χ0) is 19.5. The second kappa shape index (κ2) is 18.2. The van der Waals surface area contributed by atoms with Gasteiger partial charge in [-0.15, -0.1) is 0 Å². The lowest BCUT2D eigenvalue weighted by Gasteiger charge is -2.06. The van der Waals surface area contributed by atoms with Crippen molar-refractivity contribution in [1.29, 1.82) is 0 Å². The maximum atomic E-state index is 10.7. The van der Waals surface area contributed by atoms with Crippen molar-refractivity contribution < 1.29 is 18.1 Å². The van der Waals surface area contributed by atoms with Crippen molar-refractivity contribution >= 4 is 10.1 Å². The van der Waals surface area contributed by atoms with E-state index in [0.717, 1.165) is 12.8 Å². The van der Waals surface area contributed by atoms with Crippen molar-refractivity contribution in [1.82, 2.24) is 0 Å². The van der Waals surface area contributed by atoms with Crippen LogP contribution in [0.4, 0.5) is 0 Å². The van der Waals surface area contributed by atoms with Crippen molar-refractivity contribution in [3.05, 3.63) is 0 Å². The van der Waals surface area contributed by atoms with Crippen LogP contribution in [0.25, 0.3) is 0 Å². The highest BCUT2D eigenvalue weighted by Gasteiger charge is 2.18. The fourth-order valence-corrected chi connectivity index (χ4v) is 3.83. The molecular weight excluding hydrogens is 348 g/mol. The van der Waals surface area contributed by atoms with E-state index in [-0.39, 0.29) is 6.42 Å². The molecule has 0 saturated heterocycles. The van der Waals surface area contributed by atoms with Gasteiger partial charge in [0.1, 0.15) is 0 Å². The molecule has 26 heavy (non-hydrogen) atoms. The van der Waals surface area contributed by atoms with E-state index in [2.05, 4.69) is 6.92 Å². The molecule has 1 unspecified atom stereocenters. The third-order valence-corrected chi connectivity index (χ3v) is 6.07. The topological polar surface area (TPSA) is 74.6 Å². The second-order valence-corrected chi connectivity index (χ2v) is 9.34. The van der Waals surface area contributed by atoms with Gasteiger partial charge in [-0.3, -0.25) is 4.55 Å². The molecule has 0 aromatic carbocycles. The van der Waals surface area contributed by atoms with E-state index in [0.29, 0.717) is 6.42 Å². The van der Waals surface area contributed by atoms with Crippen LogP contribution in [0.3, 0.4) is 0 Å². The molecule has 0 heterocycles. The Morgan fingerprint density at radius 2 is 0.846 bits per heavy atom. The average Bonchev–Trinajstić information content (AvgIpc) is 2.59. The number of aliphatic hydroxyl groups is 1. The Balaban J connectivity index is 3.11. The molecule has 0 rings (SSSR count). The zero-order valence-electron chi connectivity index (χ0n) is 17.1. The summed E-state index contributed by atoms with van der Waals surface area (Å²) < 4.78 is 30.0. The highest BCUT2D eigenvalue weighted by molar-refractivity contribution is 7.86. The molecule has 0 fully saturated rings. The largest absolute Gasteiger partial charge is 0.375 e. The molecule has 158 valence electrons. The summed E-state index contributed by atoms with van der Waals surface area (Å²) in [5.41, 5.74) is -1.61. The molecular formula is C21H44O4S. The van der Waals surface area contributed by atoms with Gasteiger partial charge in [0.25, 0.3) is 10.1 Å². The van der Waals surface area contributed by atoms with Gasteiger partial charge in [-0.1, -0.05) is 116 Å². The predicted molar refractivity (Wildman–Crippen MR) is 111 cm³/mol. The summed E-state index contributed by atoms with van der Waals surface area (Å²) in [6.45, 7) is 2.27. The molecule has 0 aliphatic rings. The molecule has 0 aliphatic heterocycles. The molecule has 0 radical (unpaired) electrons. The van der Waals surface area contributed by atoms with Gasteiger partial charge >= 0.3 is 0 Å². The SMILES string of the molecule is CCCCCCCCCCCCCCCCCCCCC(O)S(=O)(=O)O. The fourth-order valence-electron chi connectivity index (χ4n) is 3.37. The minimum absolute atomic E-state index is 0.136. The average molecular weight is 393 g/mol. The minimum atomic E-state index is -4.27. The first kappa shape index (κ1) is 25.9. The third kappa shape index (κ3) is 18.7. The molecule has 0 aliphatic carbocycles. The highest BCUT2D eigenvalue weighted by Crippen LogP contribution is 2.15. The summed E-state index contributed by atoms with van der Waals surface area (Å²) in [5, 5.41) is 9.18. The van der Waals surface area contributed by atoms with Crippen molar-refractivity contribution in [2.75, 3.05) is 0 Å². The highest BCUT2D eigenvalue weighted by atomic mass is 32.2. The van der Waals surface area contributed by atoms with E-state index in [1.54, 1.807) is 0 Å². The van der Waals surface area contributed by atoms with Crippen molar-refractivity contribution in [3.63, 3.8) is 0 Å². The Morgan fingerprint density at radius 1 is 0.577 bits per heavy atom. The minimum Gasteiger partial charge on any atom is -0.375 e. The van der Waals surface area contributed by atoms with E-state index in [1.807, 2.05) is 0 Å². The summed E-state index contributed by atoms with van der Waals surface area (Å²) in [6.07, 6.45) is 23.2. The Bertz CT molecular complexity index is 381. The second-order valence-electron chi connectivity index (χ2n) is 7.77. The van der Waals surface area contributed by atoms with E-state index >= 15 is 0 Å².